The lowest BCUT2D eigenvalue weighted by Crippen LogP contribution is -2.41. The number of halogens is 6. The number of benzene rings is 1. The van der Waals surface area contributed by atoms with E-state index < -0.39 is 59.2 Å². The van der Waals surface area contributed by atoms with Gasteiger partial charge in [-0.1, -0.05) is 6.92 Å². The molecule has 0 N–H and O–H groups in total. The molecule has 0 spiro atoms. The standard InChI is InChI=1S/C21H21F6NO10/c1-3-12-8-14(38-21(25,26)27)9-13-10-15(17(20(22,23)24)37-16(12)13)18(29)35-11(2)36-19(30)33-6-4-5-7-34-28(31)32/h8-11,17H,3-7H2,1-2H3/t11?,17-/m0/s1. The minimum absolute atomic E-state index is 0.0225. The minimum atomic E-state index is -5.13. The molecule has 17 heteroatoms. The van der Waals surface area contributed by atoms with Crippen molar-refractivity contribution < 1.29 is 69.5 Å². The van der Waals surface area contributed by atoms with E-state index in [1.54, 1.807) is 0 Å². The SMILES string of the molecule is CCc1cc(OC(F)(F)F)cc2c1O[C@H](C(F)(F)F)C(C(=O)OC(C)OC(=O)OCCCCO[N+](=O)[O-])=C2. The molecule has 0 fully saturated rings. The van der Waals surface area contributed by atoms with Crippen LogP contribution in [0.25, 0.3) is 6.08 Å². The van der Waals surface area contributed by atoms with Crippen molar-refractivity contribution >= 4 is 18.2 Å². The third-order valence-corrected chi connectivity index (χ3v) is 4.64. The zero-order chi connectivity index (χ0) is 28.7. The van der Waals surface area contributed by atoms with Crippen LogP contribution in [0.1, 0.15) is 37.8 Å². The molecule has 0 saturated heterocycles. The van der Waals surface area contributed by atoms with Gasteiger partial charge >= 0.3 is 24.7 Å². The summed E-state index contributed by atoms with van der Waals surface area (Å²) in [5, 5.41) is 9.01. The molecule has 0 bridgehead atoms. The second-order valence-electron chi connectivity index (χ2n) is 7.49. The van der Waals surface area contributed by atoms with Crippen LogP contribution in [0.4, 0.5) is 31.1 Å². The Morgan fingerprint density at radius 1 is 1.11 bits per heavy atom. The molecule has 1 heterocycles. The molecule has 1 aliphatic rings. The van der Waals surface area contributed by atoms with Gasteiger partial charge in [-0.15, -0.1) is 23.3 Å². The van der Waals surface area contributed by atoms with Crippen LogP contribution in [-0.2, 0) is 30.3 Å². The van der Waals surface area contributed by atoms with E-state index in [0.717, 1.165) is 19.1 Å². The zero-order valence-electron chi connectivity index (χ0n) is 19.7. The van der Waals surface area contributed by atoms with Gasteiger partial charge in [0.1, 0.15) is 11.5 Å². The van der Waals surface area contributed by atoms with Crippen LogP contribution in [-0.4, -0.2) is 55.4 Å². The summed E-state index contributed by atoms with van der Waals surface area (Å²) in [4.78, 5) is 38.3. The van der Waals surface area contributed by atoms with Gasteiger partial charge in [0, 0.05) is 12.5 Å². The fraction of sp³-hybridized carbons (Fsp3) is 0.524. The molecule has 2 atom stereocenters. The summed E-state index contributed by atoms with van der Waals surface area (Å²) in [6.45, 7) is 1.96. The largest absolute Gasteiger partial charge is 0.573 e. The first kappa shape index (κ1) is 30.3. The van der Waals surface area contributed by atoms with Gasteiger partial charge in [0.2, 0.25) is 12.4 Å². The molecular weight excluding hydrogens is 540 g/mol. The van der Waals surface area contributed by atoms with Crippen molar-refractivity contribution in [2.45, 2.75) is 58.0 Å². The smallest absolute Gasteiger partial charge is 0.475 e. The number of rotatable bonds is 11. The number of fused-ring (bicyclic) bond motifs is 1. The van der Waals surface area contributed by atoms with Crippen LogP contribution in [0.15, 0.2) is 17.7 Å². The molecule has 1 unspecified atom stereocenters. The van der Waals surface area contributed by atoms with Crippen LogP contribution in [0, 0.1) is 10.1 Å². The Balaban J connectivity index is 2.13. The molecular formula is C21H21F6NO10. The average molecular weight is 561 g/mol. The van der Waals surface area contributed by atoms with Gasteiger partial charge in [0.05, 0.1) is 18.8 Å². The van der Waals surface area contributed by atoms with E-state index in [2.05, 4.69) is 19.0 Å². The topological polar surface area (TPSA) is 133 Å². The predicted molar refractivity (Wildman–Crippen MR) is 111 cm³/mol. The third kappa shape index (κ3) is 9.19. The maximum absolute atomic E-state index is 13.7. The Kier molecular flexibility index (Phi) is 10.0. The fourth-order valence-electron chi connectivity index (χ4n) is 3.13. The van der Waals surface area contributed by atoms with Crippen molar-refractivity contribution in [3.8, 4) is 11.5 Å². The van der Waals surface area contributed by atoms with Crippen LogP contribution in [0.3, 0.4) is 0 Å². The molecule has 1 aromatic carbocycles. The molecule has 1 aromatic rings. The molecule has 0 radical (unpaired) electrons. The average Bonchev–Trinajstić information content (AvgIpc) is 2.77. The maximum Gasteiger partial charge on any atom is 0.573 e. The Bertz CT molecular complexity index is 1060. The molecule has 2 rings (SSSR count). The summed E-state index contributed by atoms with van der Waals surface area (Å²) in [6, 6.07) is 1.61. The number of hydrogen-bond acceptors (Lipinski definition) is 10. The summed E-state index contributed by atoms with van der Waals surface area (Å²) in [5.41, 5.74) is -1.46. The van der Waals surface area contributed by atoms with E-state index >= 15 is 0 Å². The first-order valence-electron chi connectivity index (χ1n) is 10.8. The monoisotopic (exact) mass is 561 g/mol. The first-order chi connectivity index (χ1) is 17.6. The molecule has 212 valence electrons. The number of alkyl halides is 6. The number of nitrogens with zero attached hydrogens (tertiary/aromatic N) is 1. The molecule has 11 nitrogen and oxygen atoms in total. The van der Waals surface area contributed by atoms with Gasteiger partial charge in [0.25, 0.3) is 5.09 Å². The van der Waals surface area contributed by atoms with Gasteiger partial charge in [-0.05, 0) is 43.0 Å². The maximum atomic E-state index is 13.7. The van der Waals surface area contributed by atoms with E-state index in [-0.39, 0.29) is 43.6 Å². The van der Waals surface area contributed by atoms with Gasteiger partial charge in [-0.25, -0.2) is 9.59 Å². The van der Waals surface area contributed by atoms with Crippen LogP contribution < -0.4 is 9.47 Å². The second-order valence-corrected chi connectivity index (χ2v) is 7.49. The van der Waals surface area contributed by atoms with Gasteiger partial charge in [-0.2, -0.15) is 13.2 Å². The van der Waals surface area contributed by atoms with Gasteiger partial charge in [-0.3, -0.25) is 0 Å². The van der Waals surface area contributed by atoms with Crippen LogP contribution >= 0.6 is 0 Å². The van der Waals surface area contributed by atoms with Gasteiger partial charge in [0.15, 0.2) is 0 Å². The van der Waals surface area contributed by atoms with Crippen LogP contribution in [0.2, 0.25) is 0 Å². The van der Waals surface area contributed by atoms with E-state index in [0.29, 0.717) is 6.08 Å². The molecule has 38 heavy (non-hydrogen) atoms. The molecule has 0 saturated carbocycles. The van der Waals surface area contributed by atoms with Crippen molar-refractivity contribution in [2.75, 3.05) is 13.2 Å². The van der Waals surface area contributed by atoms with Crippen LogP contribution in [0.5, 0.6) is 11.5 Å². The highest BCUT2D eigenvalue weighted by molar-refractivity contribution is 5.96. The summed E-state index contributed by atoms with van der Waals surface area (Å²) in [7, 11) is 0. The van der Waals surface area contributed by atoms with Crippen molar-refractivity contribution in [3.05, 3.63) is 38.9 Å². The van der Waals surface area contributed by atoms with Gasteiger partial charge < -0.3 is 28.5 Å². The number of aryl methyl sites for hydroxylation is 1. The molecule has 0 aromatic heterocycles. The lowest BCUT2D eigenvalue weighted by atomic mass is 9.97. The highest BCUT2D eigenvalue weighted by Gasteiger charge is 2.49. The highest BCUT2D eigenvalue weighted by atomic mass is 19.4. The summed E-state index contributed by atoms with van der Waals surface area (Å²) in [6.07, 6.45) is -15.2. The quantitative estimate of drug-likeness (QED) is 0.0919. The Morgan fingerprint density at radius 2 is 1.76 bits per heavy atom. The Labute approximate surface area is 210 Å². The van der Waals surface area contributed by atoms with Crippen molar-refractivity contribution in [1.82, 2.24) is 0 Å². The summed E-state index contributed by atoms with van der Waals surface area (Å²) in [5.74, 6) is -2.76. The lowest BCUT2D eigenvalue weighted by molar-refractivity contribution is -0.757. The number of ether oxygens (including phenoxy) is 5. The van der Waals surface area contributed by atoms with E-state index in [1.807, 2.05) is 0 Å². The third-order valence-electron chi connectivity index (χ3n) is 4.64. The predicted octanol–water partition coefficient (Wildman–Crippen LogP) is 4.89. The number of unbranched alkanes of at least 4 members (excludes halogenated alkanes) is 1. The number of carbonyl (C=O) groups is 2. The summed E-state index contributed by atoms with van der Waals surface area (Å²) >= 11 is 0. The zero-order valence-corrected chi connectivity index (χ0v) is 19.7. The Hall–Kier alpha value is -3.92. The van der Waals surface area contributed by atoms with E-state index in [1.165, 1.54) is 6.92 Å². The highest BCUT2D eigenvalue weighted by Crippen LogP contribution is 2.42. The fourth-order valence-corrected chi connectivity index (χ4v) is 3.13. The molecule has 0 aliphatic carbocycles. The normalized spacial score (nSPS) is 15.8. The number of carbonyl (C=O) groups excluding carboxylic acids is 2. The van der Waals surface area contributed by atoms with Crippen molar-refractivity contribution in [2.24, 2.45) is 0 Å². The van der Waals surface area contributed by atoms with E-state index in [9.17, 15) is 46.0 Å². The second kappa shape index (κ2) is 12.6. The summed E-state index contributed by atoms with van der Waals surface area (Å²) < 4.78 is 102. The van der Waals surface area contributed by atoms with Crippen molar-refractivity contribution in [1.29, 1.82) is 0 Å². The number of hydrogen-bond donors (Lipinski definition) is 0. The first-order valence-corrected chi connectivity index (χ1v) is 10.8. The molecule has 1 aliphatic heterocycles. The van der Waals surface area contributed by atoms with Crippen molar-refractivity contribution in [3.63, 3.8) is 0 Å². The lowest BCUT2D eigenvalue weighted by Gasteiger charge is -2.30. The van der Waals surface area contributed by atoms with E-state index in [4.69, 9.17) is 9.47 Å². The number of esters is 1. The molecule has 0 amide bonds. The Morgan fingerprint density at radius 3 is 2.34 bits per heavy atom. The minimum Gasteiger partial charge on any atom is -0.475 e.